The summed E-state index contributed by atoms with van der Waals surface area (Å²) in [5.74, 6) is -0.871. The molecule has 0 spiro atoms. The van der Waals surface area contributed by atoms with Crippen molar-refractivity contribution in [3.8, 4) is 0 Å². The van der Waals surface area contributed by atoms with Crippen LogP contribution in [0.25, 0.3) is 0 Å². The zero-order valence-corrected chi connectivity index (χ0v) is 54.2. The maximum atomic E-state index is 12.9. The molecule has 0 aliphatic carbocycles. The third-order valence-corrected chi connectivity index (χ3v) is 15.3. The highest BCUT2D eigenvalue weighted by molar-refractivity contribution is 5.71. The summed E-state index contributed by atoms with van der Waals surface area (Å²) >= 11 is 0. The molecule has 0 bridgehead atoms. The fourth-order valence-electron chi connectivity index (χ4n) is 10.1. The van der Waals surface area contributed by atoms with Crippen LogP contribution in [0.15, 0.2) is 97.2 Å². The largest absolute Gasteiger partial charge is 0.462 e. The minimum atomic E-state index is -0.774. The Hall–Kier alpha value is -3.67. The van der Waals surface area contributed by atoms with Gasteiger partial charge in [0.1, 0.15) is 13.2 Å². The lowest BCUT2D eigenvalue weighted by molar-refractivity contribution is -0.167. The summed E-state index contributed by atoms with van der Waals surface area (Å²) in [7, 11) is 0. The first-order valence-corrected chi connectivity index (χ1v) is 35.2. The molecule has 0 rings (SSSR count). The summed E-state index contributed by atoms with van der Waals surface area (Å²) in [6.45, 7) is 6.49. The van der Waals surface area contributed by atoms with Crippen molar-refractivity contribution in [2.45, 2.75) is 354 Å². The molecule has 0 aromatic carbocycles. The lowest BCUT2D eigenvalue weighted by Gasteiger charge is -2.18. The van der Waals surface area contributed by atoms with Crippen LogP contribution in [-0.2, 0) is 28.6 Å². The van der Waals surface area contributed by atoms with Gasteiger partial charge in [0.15, 0.2) is 6.10 Å². The smallest absolute Gasteiger partial charge is 0.306 e. The minimum absolute atomic E-state index is 0.0742. The lowest BCUT2D eigenvalue weighted by Crippen LogP contribution is -2.30. The second-order valence-corrected chi connectivity index (χ2v) is 23.4. The van der Waals surface area contributed by atoms with Gasteiger partial charge in [0, 0.05) is 19.3 Å². The van der Waals surface area contributed by atoms with Gasteiger partial charge in [0.05, 0.1) is 0 Å². The molecule has 1 unspecified atom stereocenters. The fourth-order valence-corrected chi connectivity index (χ4v) is 10.1. The Morgan fingerprint density at radius 1 is 0.256 bits per heavy atom. The zero-order chi connectivity index (χ0) is 59.2. The van der Waals surface area contributed by atoms with E-state index in [9.17, 15) is 14.4 Å². The monoisotopic (exact) mass is 1140 g/mol. The van der Waals surface area contributed by atoms with E-state index in [4.69, 9.17) is 14.2 Å². The lowest BCUT2D eigenvalue weighted by atomic mass is 10.0. The van der Waals surface area contributed by atoms with Gasteiger partial charge in [0.2, 0.25) is 0 Å². The number of hydrogen-bond donors (Lipinski definition) is 0. The summed E-state index contributed by atoms with van der Waals surface area (Å²) in [5, 5.41) is 0. The molecular weight excluding hydrogens is 1010 g/mol. The van der Waals surface area contributed by atoms with E-state index < -0.39 is 6.10 Å². The van der Waals surface area contributed by atoms with Crippen LogP contribution in [0.4, 0.5) is 0 Å². The fraction of sp³-hybridized carbons (Fsp3) is 0.750. The first kappa shape index (κ1) is 78.3. The molecule has 0 fully saturated rings. The van der Waals surface area contributed by atoms with Crippen LogP contribution in [-0.4, -0.2) is 37.2 Å². The van der Waals surface area contributed by atoms with Crippen LogP contribution in [0.1, 0.15) is 348 Å². The van der Waals surface area contributed by atoms with Crippen LogP contribution in [0.2, 0.25) is 0 Å². The van der Waals surface area contributed by atoms with E-state index in [0.717, 1.165) is 103 Å². The van der Waals surface area contributed by atoms with Crippen LogP contribution in [0, 0.1) is 0 Å². The van der Waals surface area contributed by atoms with Gasteiger partial charge in [0.25, 0.3) is 0 Å². The van der Waals surface area contributed by atoms with Gasteiger partial charge < -0.3 is 14.2 Å². The first-order valence-electron chi connectivity index (χ1n) is 35.2. The Bertz CT molecular complexity index is 1590. The SMILES string of the molecule is CC/C=C\C/C=C\C/C=C\C/C=C\C/C=C\C/C=C\CCCCCCCCCCCCCCCCC(=O)OCC(COC(=O)CCCCCCCC)OC(=O)CCCCCCCCCCCCCCC/C=C\C/C=C\CCCCCCC. The molecule has 0 aromatic rings. The Balaban J connectivity index is 4.02. The second-order valence-electron chi connectivity index (χ2n) is 23.4. The summed E-state index contributed by atoms with van der Waals surface area (Å²) in [5.41, 5.74) is 0. The van der Waals surface area contributed by atoms with Gasteiger partial charge >= 0.3 is 17.9 Å². The highest BCUT2D eigenvalue weighted by atomic mass is 16.6. The highest BCUT2D eigenvalue weighted by Gasteiger charge is 2.19. The molecule has 1 atom stereocenters. The number of ether oxygens (including phenoxy) is 3. The van der Waals surface area contributed by atoms with Gasteiger partial charge in [-0.2, -0.15) is 0 Å². The molecule has 0 amide bonds. The maximum absolute atomic E-state index is 12.9. The van der Waals surface area contributed by atoms with Crippen molar-refractivity contribution in [1.82, 2.24) is 0 Å². The molecule has 472 valence electrons. The Morgan fingerprint density at radius 3 is 0.744 bits per heavy atom. The number of carbonyl (C=O) groups is 3. The molecule has 0 aliphatic rings. The summed E-state index contributed by atoms with van der Waals surface area (Å²) in [4.78, 5) is 38.1. The average molecular weight is 1140 g/mol. The van der Waals surface area contributed by atoms with Gasteiger partial charge in [-0.1, -0.05) is 323 Å². The van der Waals surface area contributed by atoms with E-state index in [1.165, 1.54) is 205 Å². The molecule has 0 heterocycles. The molecule has 0 N–H and O–H groups in total. The third-order valence-electron chi connectivity index (χ3n) is 15.3. The maximum Gasteiger partial charge on any atom is 0.306 e. The zero-order valence-electron chi connectivity index (χ0n) is 54.2. The topological polar surface area (TPSA) is 78.9 Å². The predicted molar refractivity (Wildman–Crippen MR) is 357 cm³/mol. The van der Waals surface area contributed by atoms with Crippen molar-refractivity contribution in [1.29, 1.82) is 0 Å². The summed E-state index contributed by atoms with van der Waals surface area (Å²) < 4.78 is 16.9. The van der Waals surface area contributed by atoms with Crippen LogP contribution in [0.3, 0.4) is 0 Å². The first-order chi connectivity index (χ1) is 40.5. The Morgan fingerprint density at radius 2 is 0.476 bits per heavy atom. The number of carbonyl (C=O) groups excluding carboxylic acids is 3. The molecule has 6 nitrogen and oxygen atoms in total. The van der Waals surface area contributed by atoms with E-state index in [1.807, 2.05) is 0 Å². The second kappa shape index (κ2) is 69.8. The molecular formula is C76H132O6. The molecule has 0 saturated carbocycles. The normalized spacial score (nSPS) is 12.7. The third kappa shape index (κ3) is 67.1. The van der Waals surface area contributed by atoms with Crippen molar-refractivity contribution >= 4 is 17.9 Å². The predicted octanol–water partition coefficient (Wildman–Crippen LogP) is 24.4. The van der Waals surface area contributed by atoms with Crippen molar-refractivity contribution in [2.75, 3.05) is 13.2 Å². The molecule has 0 radical (unpaired) electrons. The van der Waals surface area contributed by atoms with E-state index in [1.54, 1.807) is 0 Å². The van der Waals surface area contributed by atoms with Crippen molar-refractivity contribution in [3.05, 3.63) is 97.2 Å². The Kier molecular flexibility index (Phi) is 66.7. The van der Waals surface area contributed by atoms with Gasteiger partial charge in [-0.3, -0.25) is 14.4 Å². The number of esters is 3. The quantitative estimate of drug-likeness (QED) is 0.0261. The van der Waals surface area contributed by atoms with Gasteiger partial charge in [-0.25, -0.2) is 0 Å². The van der Waals surface area contributed by atoms with E-state index in [0.29, 0.717) is 19.3 Å². The van der Waals surface area contributed by atoms with Crippen LogP contribution < -0.4 is 0 Å². The van der Waals surface area contributed by atoms with Gasteiger partial charge in [-0.05, 0) is 103 Å². The van der Waals surface area contributed by atoms with E-state index in [-0.39, 0.29) is 31.1 Å². The molecule has 6 heteroatoms. The van der Waals surface area contributed by atoms with Crippen molar-refractivity contribution in [2.24, 2.45) is 0 Å². The molecule has 0 aliphatic heterocycles. The highest BCUT2D eigenvalue weighted by Crippen LogP contribution is 2.17. The average Bonchev–Trinajstić information content (AvgIpc) is 3.47. The number of hydrogen-bond acceptors (Lipinski definition) is 6. The van der Waals surface area contributed by atoms with Crippen molar-refractivity contribution < 1.29 is 28.6 Å². The number of unbranched alkanes of at least 4 members (excludes halogenated alkanes) is 37. The van der Waals surface area contributed by atoms with Crippen LogP contribution in [0.5, 0.6) is 0 Å². The van der Waals surface area contributed by atoms with Gasteiger partial charge in [-0.15, -0.1) is 0 Å². The van der Waals surface area contributed by atoms with Crippen molar-refractivity contribution in [3.63, 3.8) is 0 Å². The molecule has 0 aromatic heterocycles. The molecule has 0 saturated heterocycles. The minimum Gasteiger partial charge on any atom is -0.462 e. The summed E-state index contributed by atoms with van der Waals surface area (Å²) in [6, 6.07) is 0. The number of allylic oxidation sites excluding steroid dienone is 16. The summed E-state index contributed by atoms with van der Waals surface area (Å²) in [6.07, 6.45) is 94.7. The number of rotatable bonds is 64. The van der Waals surface area contributed by atoms with E-state index >= 15 is 0 Å². The molecule has 82 heavy (non-hydrogen) atoms. The standard InChI is InChI=1S/C76H132O6/c1-4-7-10-13-16-18-20-22-24-26-28-30-32-34-35-36-37-38-39-40-41-43-44-46-48-50-52-54-56-58-60-63-66-69-75(78)81-72-73(71-80-74(77)68-65-62-15-12-9-6-3)82-76(79)70-67-64-61-59-57-55-53-51-49-47-45-42-33-31-29-27-25-23-21-19-17-14-11-8-5-2/h7,10,16,18,21-24,27-30,34-35,37-38,73H,4-6,8-9,11-15,17,19-20,25-26,31-33,36,39-72H2,1-3H3/b10-7-,18-16-,23-21-,24-22-,29-27-,30-28-,35-34-,38-37-. The van der Waals surface area contributed by atoms with E-state index in [2.05, 4.69) is 118 Å². The van der Waals surface area contributed by atoms with Crippen LogP contribution >= 0.6 is 0 Å². The Labute approximate surface area is 508 Å².